The summed E-state index contributed by atoms with van der Waals surface area (Å²) in [6.45, 7) is 1.47. The standard InChI is InChI=1S/C22H20N2O6/c1-14(20(25)24-17-6-3-4-7-18(17)28-2)30-22(27)15-9-11-16(12-10-15)23-21(26)19-8-5-13-29-19/h3-14H,1-2H3,(H,23,26)(H,24,25)/t14-/m1/s1. The number of methoxy groups -OCH3 is 1. The predicted molar refractivity (Wildman–Crippen MR) is 110 cm³/mol. The Morgan fingerprint density at radius 2 is 1.67 bits per heavy atom. The lowest BCUT2D eigenvalue weighted by molar-refractivity contribution is -0.123. The Morgan fingerprint density at radius 1 is 0.933 bits per heavy atom. The van der Waals surface area contributed by atoms with Crippen LogP contribution in [-0.2, 0) is 9.53 Å². The Kier molecular flexibility index (Phi) is 6.49. The molecule has 0 fully saturated rings. The minimum atomic E-state index is -1.03. The molecule has 2 amide bonds. The second kappa shape index (κ2) is 9.42. The summed E-state index contributed by atoms with van der Waals surface area (Å²) < 4.78 is 15.4. The van der Waals surface area contributed by atoms with Gasteiger partial charge in [-0.1, -0.05) is 12.1 Å². The van der Waals surface area contributed by atoms with E-state index in [2.05, 4.69) is 10.6 Å². The van der Waals surface area contributed by atoms with Gasteiger partial charge < -0.3 is 24.5 Å². The molecule has 0 spiro atoms. The van der Waals surface area contributed by atoms with Gasteiger partial charge in [0.05, 0.1) is 24.6 Å². The number of rotatable bonds is 7. The van der Waals surface area contributed by atoms with E-state index >= 15 is 0 Å². The summed E-state index contributed by atoms with van der Waals surface area (Å²) >= 11 is 0. The van der Waals surface area contributed by atoms with Crippen molar-refractivity contribution < 1.29 is 28.3 Å². The van der Waals surface area contributed by atoms with Gasteiger partial charge in [-0.2, -0.15) is 0 Å². The van der Waals surface area contributed by atoms with E-state index in [1.165, 1.54) is 32.4 Å². The van der Waals surface area contributed by atoms with Crippen LogP contribution in [0.15, 0.2) is 71.3 Å². The summed E-state index contributed by atoms with van der Waals surface area (Å²) in [7, 11) is 1.50. The molecule has 0 aliphatic heterocycles. The molecule has 1 atom stereocenters. The summed E-state index contributed by atoms with van der Waals surface area (Å²) in [6.07, 6.45) is 0.375. The normalized spacial score (nSPS) is 11.3. The zero-order chi connectivity index (χ0) is 21.5. The number of anilines is 2. The number of para-hydroxylation sites is 2. The summed E-state index contributed by atoms with van der Waals surface area (Å²) in [6, 6.07) is 16.2. The molecule has 30 heavy (non-hydrogen) atoms. The average Bonchev–Trinajstić information content (AvgIpc) is 3.29. The van der Waals surface area contributed by atoms with Crippen LogP contribution in [0.25, 0.3) is 0 Å². The van der Waals surface area contributed by atoms with Gasteiger partial charge in [0.1, 0.15) is 5.75 Å². The zero-order valence-corrected chi connectivity index (χ0v) is 16.4. The molecule has 0 bridgehead atoms. The van der Waals surface area contributed by atoms with Crippen molar-refractivity contribution in [3.05, 3.63) is 78.3 Å². The number of carbonyl (C=O) groups is 3. The molecule has 0 saturated carbocycles. The van der Waals surface area contributed by atoms with Crippen molar-refractivity contribution in [2.75, 3.05) is 17.7 Å². The van der Waals surface area contributed by atoms with Gasteiger partial charge in [0.2, 0.25) is 0 Å². The van der Waals surface area contributed by atoms with E-state index in [1.807, 2.05) is 0 Å². The maximum Gasteiger partial charge on any atom is 0.338 e. The van der Waals surface area contributed by atoms with Gasteiger partial charge in [0, 0.05) is 5.69 Å². The molecule has 0 saturated heterocycles. The van der Waals surface area contributed by atoms with Crippen LogP contribution < -0.4 is 15.4 Å². The Bertz CT molecular complexity index is 1030. The maximum atomic E-state index is 12.3. The van der Waals surface area contributed by atoms with Crippen LogP contribution in [0.5, 0.6) is 5.75 Å². The van der Waals surface area contributed by atoms with E-state index in [9.17, 15) is 14.4 Å². The molecule has 0 aliphatic rings. The zero-order valence-electron chi connectivity index (χ0n) is 16.4. The van der Waals surface area contributed by atoms with E-state index in [0.717, 1.165) is 0 Å². The molecular weight excluding hydrogens is 388 g/mol. The van der Waals surface area contributed by atoms with E-state index in [-0.39, 0.29) is 11.3 Å². The van der Waals surface area contributed by atoms with Gasteiger partial charge in [0.15, 0.2) is 11.9 Å². The van der Waals surface area contributed by atoms with Crippen molar-refractivity contribution >= 4 is 29.2 Å². The smallest absolute Gasteiger partial charge is 0.338 e. The lowest BCUT2D eigenvalue weighted by Crippen LogP contribution is -2.30. The monoisotopic (exact) mass is 408 g/mol. The van der Waals surface area contributed by atoms with Crippen LogP contribution in [0.4, 0.5) is 11.4 Å². The number of nitrogens with one attached hydrogen (secondary N) is 2. The summed E-state index contributed by atoms with van der Waals surface area (Å²) in [5.74, 6) is -0.890. The molecule has 3 aromatic rings. The molecule has 1 heterocycles. The number of hydrogen-bond acceptors (Lipinski definition) is 6. The van der Waals surface area contributed by atoms with E-state index < -0.39 is 23.9 Å². The van der Waals surface area contributed by atoms with Crippen LogP contribution >= 0.6 is 0 Å². The number of furan rings is 1. The number of benzene rings is 2. The molecular formula is C22H20N2O6. The van der Waals surface area contributed by atoms with Gasteiger partial charge in [-0.15, -0.1) is 0 Å². The SMILES string of the molecule is COc1ccccc1NC(=O)[C@@H](C)OC(=O)c1ccc(NC(=O)c2ccco2)cc1. The first kappa shape index (κ1) is 20.7. The molecule has 154 valence electrons. The minimum absolute atomic E-state index is 0.174. The van der Waals surface area contributed by atoms with Gasteiger partial charge in [-0.25, -0.2) is 4.79 Å². The summed E-state index contributed by atoms with van der Waals surface area (Å²) in [5, 5.41) is 5.31. The number of esters is 1. The molecule has 1 aromatic heterocycles. The molecule has 2 N–H and O–H groups in total. The van der Waals surface area contributed by atoms with Crippen LogP contribution in [0, 0.1) is 0 Å². The van der Waals surface area contributed by atoms with Crippen LogP contribution in [-0.4, -0.2) is 31.0 Å². The molecule has 2 aromatic carbocycles. The first-order chi connectivity index (χ1) is 14.5. The van der Waals surface area contributed by atoms with Gasteiger partial charge in [-0.3, -0.25) is 9.59 Å². The molecule has 0 radical (unpaired) electrons. The molecule has 8 nitrogen and oxygen atoms in total. The number of amides is 2. The lowest BCUT2D eigenvalue weighted by atomic mass is 10.2. The topological polar surface area (TPSA) is 107 Å². The molecule has 0 aliphatic carbocycles. The Morgan fingerprint density at radius 3 is 2.33 bits per heavy atom. The Labute approximate surface area is 172 Å². The lowest BCUT2D eigenvalue weighted by Gasteiger charge is -2.15. The second-order valence-electron chi connectivity index (χ2n) is 6.25. The Hall–Kier alpha value is -4.07. The third-order valence-electron chi connectivity index (χ3n) is 4.14. The number of carbonyl (C=O) groups excluding carboxylic acids is 3. The summed E-state index contributed by atoms with van der Waals surface area (Å²) in [5.41, 5.74) is 1.20. The first-order valence-electron chi connectivity index (χ1n) is 9.07. The highest BCUT2D eigenvalue weighted by molar-refractivity contribution is 6.02. The second-order valence-corrected chi connectivity index (χ2v) is 6.25. The molecule has 3 rings (SSSR count). The fourth-order valence-electron chi connectivity index (χ4n) is 2.55. The average molecular weight is 408 g/mol. The van der Waals surface area contributed by atoms with E-state index in [4.69, 9.17) is 13.9 Å². The quantitative estimate of drug-likeness (QED) is 0.577. The van der Waals surface area contributed by atoms with Crippen molar-refractivity contribution in [1.82, 2.24) is 0 Å². The van der Waals surface area contributed by atoms with Crippen molar-refractivity contribution in [2.24, 2.45) is 0 Å². The van der Waals surface area contributed by atoms with Crippen LogP contribution in [0.1, 0.15) is 27.8 Å². The van der Waals surface area contributed by atoms with Crippen molar-refractivity contribution in [2.45, 2.75) is 13.0 Å². The van der Waals surface area contributed by atoms with Crippen molar-refractivity contribution in [3.8, 4) is 5.75 Å². The summed E-state index contributed by atoms with van der Waals surface area (Å²) in [4.78, 5) is 36.6. The third kappa shape index (κ3) is 5.05. The fraction of sp³-hybridized carbons (Fsp3) is 0.136. The highest BCUT2D eigenvalue weighted by atomic mass is 16.5. The highest BCUT2D eigenvalue weighted by Crippen LogP contribution is 2.23. The van der Waals surface area contributed by atoms with Gasteiger partial charge in [0.25, 0.3) is 11.8 Å². The van der Waals surface area contributed by atoms with Crippen molar-refractivity contribution in [3.63, 3.8) is 0 Å². The van der Waals surface area contributed by atoms with E-state index in [1.54, 1.807) is 48.5 Å². The van der Waals surface area contributed by atoms with E-state index in [0.29, 0.717) is 17.1 Å². The number of hydrogen-bond donors (Lipinski definition) is 2. The highest BCUT2D eigenvalue weighted by Gasteiger charge is 2.20. The van der Waals surface area contributed by atoms with Crippen molar-refractivity contribution in [1.29, 1.82) is 0 Å². The fourth-order valence-corrected chi connectivity index (χ4v) is 2.55. The molecule has 0 unspecified atom stereocenters. The maximum absolute atomic E-state index is 12.3. The van der Waals surface area contributed by atoms with Crippen LogP contribution in [0.2, 0.25) is 0 Å². The third-order valence-corrected chi connectivity index (χ3v) is 4.14. The Balaban J connectivity index is 1.57. The largest absolute Gasteiger partial charge is 0.495 e. The molecule has 8 heteroatoms. The number of ether oxygens (including phenoxy) is 2. The van der Waals surface area contributed by atoms with Crippen LogP contribution in [0.3, 0.4) is 0 Å². The van der Waals surface area contributed by atoms with Gasteiger partial charge in [-0.05, 0) is 55.5 Å². The first-order valence-corrected chi connectivity index (χ1v) is 9.07. The minimum Gasteiger partial charge on any atom is -0.495 e. The van der Waals surface area contributed by atoms with Gasteiger partial charge >= 0.3 is 5.97 Å². The predicted octanol–water partition coefficient (Wildman–Crippen LogP) is 3.72.